The molecule has 2 N–H and O–H groups in total. The Hall–Kier alpha value is -2.74. The van der Waals surface area contributed by atoms with Gasteiger partial charge in [0.15, 0.2) is 5.13 Å². The summed E-state index contributed by atoms with van der Waals surface area (Å²) in [5, 5.41) is 6.50. The number of carbonyl (C=O) groups is 1. The first-order chi connectivity index (χ1) is 12.7. The van der Waals surface area contributed by atoms with Crippen molar-refractivity contribution in [1.82, 2.24) is 20.0 Å². The summed E-state index contributed by atoms with van der Waals surface area (Å²) in [5.41, 5.74) is 7.40. The monoisotopic (exact) mass is 369 g/mol. The zero-order valence-corrected chi connectivity index (χ0v) is 15.0. The summed E-state index contributed by atoms with van der Waals surface area (Å²) in [6.45, 7) is 0.714. The molecule has 3 aromatic rings. The van der Waals surface area contributed by atoms with Crippen LogP contribution < -0.4 is 5.73 Å². The number of aryl methyl sites for hydroxylation is 1. The first kappa shape index (κ1) is 16.7. The quantitative estimate of drug-likeness (QED) is 0.742. The van der Waals surface area contributed by atoms with Crippen LogP contribution >= 0.6 is 11.3 Å². The molecule has 0 aliphatic carbocycles. The van der Waals surface area contributed by atoms with E-state index in [1.54, 1.807) is 0 Å². The van der Waals surface area contributed by atoms with Crippen molar-refractivity contribution in [3.05, 3.63) is 47.3 Å². The van der Waals surface area contributed by atoms with Crippen molar-refractivity contribution in [2.24, 2.45) is 0 Å². The molecule has 1 amide bonds. The van der Waals surface area contributed by atoms with Gasteiger partial charge in [0.2, 0.25) is 17.6 Å². The zero-order valence-electron chi connectivity index (χ0n) is 14.2. The Morgan fingerprint density at radius 1 is 1.31 bits per heavy atom. The van der Waals surface area contributed by atoms with Gasteiger partial charge in [-0.1, -0.05) is 35.5 Å². The SMILES string of the molecule is Nc1nc(CCC(=O)N2CCC[C@H]2c2nc(-c3ccccc3)no2)cs1. The largest absolute Gasteiger partial charge is 0.375 e. The van der Waals surface area contributed by atoms with E-state index in [-0.39, 0.29) is 11.9 Å². The second-order valence-electron chi connectivity index (χ2n) is 6.24. The highest BCUT2D eigenvalue weighted by molar-refractivity contribution is 7.13. The van der Waals surface area contributed by atoms with Crippen molar-refractivity contribution in [3.63, 3.8) is 0 Å². The predicted molar refractivity (Wildman–Crippen MR) is 98.3 cm³/mol. The van der Waals surface area contributed by atoms with E-state index >= 15 is 0 Å². The molecular weight excluding hydrogens is 350 g/mol. The molecule has 1 atom stereocenters. The molecule has 0 saturated carbocycles. The molecule has 2 aromatic heterocycles. The fourth-order valence-corrected chi connectivity index (χ4v) is 3.81. The lowest BCUT2D eigenvalue weighted by atomic mass is 10.2. The molecule has 1 aliphatic heterocycles. The minimum absolute atomic E-state index is 0.0820. The second-order valence-corrected chi connectivity index (χ2v) is 7.13. The summed E-state index contributed by atoms with van der Waals surface area (Å²) in [7, 11) is 0. The Bertz CT molecular complexity index is 892. The van der Waals surface area contributed by atoms with E-state index in [1.165, 1.54) is 11.3 Å². The molecule has 7 nitrogen and oxygen atoms in total. The Labute approximate surface area is 154 Å². The van der Waals surface area contributed by atoms with E-state index in [0.29, 0.717) is 36.2 Å². The summed E-state index contributed by atoms with van der Waals surface area (Å²) >= 11 is 1.39. The third kappa shape index (κ3) is 3.45. The van der Waals surface area contributed by atoms with Crippen LogP contribution in [0.25, 0.3) is 11.4 Å². The molecule has 0 unspecified atom stereocenters. The van der Waals surface area contributed by atoms with Crippen molar-refractivity contribution >= 4 is 22.4 Å². The van der Waals surface area contributed by atoms with Crippen LogP contribution in [0.5, 0.6) is 0 Å². The van der Waals surface area contributed by atoms with Crippen LogP contribution in [-0.2, 0) is 11.2 Å². The van der Waals surface area contributed by atoms with Gasteiger partial charge in [-0.3, -0.25) is 4.79 Å². The number of thiazole rings is 1. The highest BCUT2D eigenvalue weighted by Crippen LogP contribution is 2.32. The maximum atomic E-state index is 12.7. The van der Waals surface area contributed by atoms with E-state index in [0.717, 1.165) is 24.1 Å². The molecular formula is C18H19N5O2S. The van der Waals surface area contributed by atoms with E-state index in [1.807, 2.05) is 40.6 Å². The number of nitrogens with two attached hydrogens (primary N) is 1. The van der Waals surface area contributed by atoms with Gasteiger partial charge in [0.1, 0.15) is 6.04 Å². The Morgan fingerprint density at radius 3 is 2.92 bits per heavy atom. The number of amides is 1. The molecule has 8 heteroatoms. The Kier molecular flexibility index (Phi) is 4.66. The predicted octanol–water partition coefficient (Wildman–Crippen LogP) is 3.07. The molecule has 0 spiro atoms. The number of anilines is 1. The number of aromatic nitrogens is 3. The van der Waals surface area contributed by atoms with Crippen LogP contribution in [0.3, 0.4) is 0 Å². The molecule has 1 fully saturated rings. The number of benzene rings is 1. The second kappa shape index (κ2) is 7.25. The molecule has 0 bridgehead atoms. The Morgan fingerprint density at radius 2 is 2.15 bits per heavy atom. The Balaban J connectivity index is 1.44. The van der Waals surface area contributed by atoms with E-state index in [9.17, 15) is 4.79 Å². The van der Waals surface area contributed by atoms with Crippen molar-refractivity contribution in [1.29, 1.82) is 0 Å². The van der Waals surface area contributed by atoms with Crippen molar-refractivity contribution in [2.45, 2.75) is 31.7 Å². The molecule has 134 valence electrons. The van der Waals surface area contributed by atoms with Crippen molar-refractivity contribution in [2.75, 3.05) is 12.3 Å². The number of nitrogen functional groups attached to an aromatic ring is 1. The van der Waals surface area contributed by atoms with Crippen LogP contribution in [0, 0.1) is 0 Å². The number of rotatable bonds is 5. The van der Waals surface area contributed by atoms with Crippen LogP contribution in [0.15, 0.2) is 40.2 Å². The third-order valence-electron chi connectivity index (χ3n) is 4.50. The van der Waals surface area contributed by atoms with E-state index in [4.69, 9.17) is 10.3 Å². The minimum atomic E-state index is -0.145. The fraction of sp³-hybridized carbons (Fsp3) is 0.333. The maximum absolute atomic E-state index is 12.7. The standard InChI is InChI=1S/C18H19N5O2S/c19-18-20-13(11-26-18)8-9-15(24)23-10-4-7-14(23)17-21-16(22-25-17)12-5-2-1-3-6-12/h1-3,5-6,11,14H,4,7-10H2,(H2,19,20)/t14-/m0/s1. The molecule has 1 aromatic carbocycles. The number of likely N-dealkylation sites (tertiary alicyclic amines) is 1. The number of hydrogen-bond acceptors (Lipinski definition) is 7. The van der Waals surface area contributed by atoms with Crippen molar-refractivity contribution in [3.8, 4) is 11.4 Å². The highest BCUT2D eigenvalue weighted by Gasteiger charge is 2.33. The van der Waals surface area contributed by atoms with Crippen LogP contribution in [0.4, 0.5) is 5.13 Å². The van der Waals surface area contributed by atoms with Crippen LogP contribution in [0.1, 0.15) is 36.9 Å². The first-order valence-corrected chi connectivity index (χ1v) is 9.47. The highest BCUT2D eigenvalue weighted by atomic mass is 32.1. The van der Waals surface area contributed by atoms with Gasteiger partial charge in [-0.15, -0.1) is 11.3 Å². The molecule has 4 rings (SSSR count). The summed E-state index contributed by atoms with van der Waals surface area (Å²) in [6.07, 6.45) is 2.77. The van der Waals surface area contributed by atoms with Gasteiger partial charge in [0, 0.05) is 23.9 Å². The molecule has 1 aliphatic rings. The first-order valence-electron chi connectivity index (χ1n) is 8.59. The van der Waals surface area contributed by atoms with E-state index < -0.39 is 0 Å². The van der Waals surface area contributed by atoms with Crippen molar-refractivity contribution < 1.29 is 9.32 Å². The smallest absolute Gasteiger partial charge is 0.249 e. The zero-order chi connectivity index (χ0) is 17.9. The van der Waals surface area contributed by atoms with Gasteiger partial charge >= 0.3 is 0 Å². The fourth-order valence-electron chi connectivity index (χ4n) is 3.21. The number of hydrogen-bond donors (Lipinski definition) is 1. The van der Waals surface area contributed by atoms with Crippen LogP contribution in [0.2, 0.25) is 0 Å². The number of carbonyl (C=O) groups excluding carboxylic acids is 1. The van der Waals surface area contributed by atoms with Gasteiger partial charge in [-0.25, -0.2) is 4.98 Å². The lowest BCUT2D eigenvalue weighted by Gasteiger charge is -2.21. The average Bonchev–Trinajstić information content (AvgIpc) is 3.40. The summed E-state index contributed by atoms with van der Waals surface area (Å²) in [5.74, 6) is 1.14. The van der Waals surface area contributed by atoms with Gasteiger partial charge in [0.25, 0.3) is 0 Å². The topological polar surface area (TPSA) is 98.1 Å². The summed E-state index contributed by atoms with van der Waals surface area (Å²) in [6, 6.07) is 9.53. The van der Waals surface area contributed by atoms with Gasteiger partial charge < -0.3 is 15.2 Å². The summed E-state index contributed by atoms with van der Waals surface area (Å²) in [4.78, 5) is 23.2. The van der Waals surface area contributed by atoms with Gasteiger partial charge in [-0.05, 0) is 19.3 Å². The maximum Gasteiger partial charge on any atom is 0.249 e. The normalized spacial score (nSPS) is 16.9. The molecule has 1 saturated heterocycles. The van der Waals surface area contributed by atoms with Crippen LogP contribution in [-0.4, -0.2) is 32.5 Å². The average molecular weight is 369 g/mol. The lowest BCUT2D eigenvalue weighted by Crippen LogP contribution is -2.30. The summed E-state index contributed by atoms with van der Waals surface area (Å²) < 4.78 is 5.47. The number of nitrogens with zero attached hydrogens (tertiary/aromatic N) is 4. The van der Waals surface area contributed by atoms with E-state index in [2.05, 4.69) is 15.1 Å². The van der Waals surface area contributed by atoms with Gasteiger partial charge in [-0.2, -0.15) is 4.98 Å². The molecule has 0 radical (unpaired) electrons. The third-order valence-corrected chi connectivity index (χ3v) is 5.22. The van der Waals surface area contributed by atoms with Gasteiger partial charge in [0.05, 0.1) is 5.69 Å². The minimum Gasteiger partial charge on any atom is -0.375 e. The molecule has 26 heavy (non-hydrogen) atoms. The molecule has 3 heterocycles. The lowest BCUT2D eigenvalue weighted by molar-refractivity contribution is -0.132.